The SMILES string of the molecule is CC[C@H]1CN(c2cccc3c2O[C@@](C)(c2ccc(Cl)cn2)O3)CCN1Cc1nc2c(Cl)cc(C(=O)O)cc2n1C[C@@H]1CCO1. The first-order valence-corrected chi connectivity index (χ1v) is 15.6. The molecule has 1 N–H and O–H groups in total. The quantitative estimate of drug-likeness (QED) is 0.250. The lowest BCUT2D eigenvalue weighted by Gasteiger charge is -2.42. The number of para-hydroxylation sites is 1. The smallest absolute Gasteiger partial charge is 0.335 e. The summed E-state index contributed by atoms with van der Waals surface area (Å²) in [4.78, 5) is 26.0. The Morgan fingerprint density at radius 2 is 2.00 bits per heavy atom. The molecular weight excluding hydrogens is 605 g/mol. The predicted molar refractivity (Wildman–Crippen MR) is 167 cm³/mol. The molecule has 0 aliphatic carbocycles. The maximum atomic E-state index is 11.8. The Morgan fingerprint density at radius 3 is 2.70 bits per heavy atom. The Morgan fingerprint density at radius 1 is 1.16 bits per heavy atom. The van der Waals surface area contributed by atoms with Crippen LogP contribution in [0.5, 0.6) is 11.5 Å². The second-order valence-corrected chi connectivity index (χ2v) is 12.5. The lowest BCUT2D eigenvalue weighted by Crippen LogP contribution is -2.53. The summed E-state index contributed by atoms with van der Waals surface area (Å²) < 4.78 is 20.6. The van der Waals surface area contributed by atoms with E-state index >= 15 is 0 Å². The number of hydrogen-bond acceptors (Lipinski definition) is 8. The van der Waals surface area contributed by atoms with Crippen LogP contribution in [-0.4, -0.2) is 68.9 Å². The molecular formula is C32H33Cl2N5O5. The maximum Gasteiger partial charge on any atom is 0.335 e. The van der Waals surface area contributed by atoms with Gasteiger partial charge in [0, 0.05) is 45.4 Å². The van der Waals surface area contributed by atoms with Crippen LogP contribution in [0.25, 0.3) is 11.0 Å². The third-order valence-corrected chi connectivity index (χ3v) is 9.34. The predicted octanol–water partition coefficient (Wildman–Crippen LogP) is 5.97. The normalized spacial score (nSPS) is 23.2. The third kappa shape index (κ3) is 5.23. The number of carboxylic acids is 1. The number of anilines is 1. The van der Waals surface area contributed by atoms with Crippen LogP contribution in [0.4, 0.5) is 5.69 Å². The van der Waals surface area contributed by atoms with E-state index in [1.54, 1.807) is 18.3 Å². The Labute approximate surface area is 265 Å². The van der Waals surface area contributed by atoms with Gasteiger partial charge in [-0.05, 0) is 49.2 Å². The Hall–Kier alpha value is -3.57. The summed E-state index contributed by atoms with van der Waals surface area (Å²) in [6.45, 7) is 8.39. The molecule has 0 unspecified atom stereocenters. The van der Waals surface area contributed by atoms with Crippen LogP contribution in [0.2, 0.25) is 10.0 Å². The zero-order valence-corrected chi connectivity index (χ0v) is 26.0. The van der Waals surface area contributed by atoms with E-state index in [2.05, 4.69) is 32.3 Å². The molecule has 2 saturated heterocycles. The number of nitrogens with zero attached hydrogens (tertiary/aromatic N) is 5. The van der Waals surface area contributed by atoms with Crippen molar-refractivity contribution in [3.63, 3.8) is 0 Å². The highest BCUT2D eigenvalue weighted by atomic mass is 35.5. The van der Waals surface area contributed by atoms with E-state index in [-0.39, 0.29) is 17.7 Å². The van der Waals surface area contributed by atoms with Crippen molar-refractivity contribution in [2.45, 2.75) is 57.7 Å². The second-order valence-electron chi connectivity index (χ2n) is 11.6. The van der Waals surface area contributed by atoms with Gasteiger partial charge in [-0.3, -0.25) is 9.88 Å². The Kier molecular flexibility index (Phi) is 7.56. The standard InChI is InChI=1S/C32H33Cl2N5O5/c1-3-21-16-38(24-5-4-6-26-30(24)44-32(2,43-26)27-8-7-20(33)15-35-27)11-10-37(21)18-28-36-29-23(34)13-19(31(40)41)14-25(29)39(28)17-22-9-12-42-22/h4-8,13-15,21-22H,3,9-12,16-18H2,1-2H3,(H,40,41)/t21-,22-,32-/m0/s1. The first-order valence-electron chi connectivity index (χ1n) is 14.9. The molecule has 44 heavy (non-hydrogen) atoms. The molecule has 3 aliphatic rings. The van der Waals surface area contributed by atoms with E-state index in [1.165, 1.54) is 6.07 Å². The number of benzene rings is 2. The first-order chi connectivity index (χ1) is 21.2. The van der Waals surface area contributed by atoms with Gasteiger partial charge in [0.1, 0.15) is 17.0 Å². The van der Waals surface area contributed by atoms with Crippen molar-refractivity contribution < 1.29 is 24.1 Å². The van der Waals surface area contributed by atoms with Gasteiger partial charge >= 0.3 is 5.97 Å². The van der Waals surface area contributed by atoms with Crippen molar-refractivity contribution in [3.8, 4) is 11.5 Å². The van der Waals surface area contributed by atoms with E-state index in [0.29, 0.717) is 45.8 Å². The van der Waals surface area contributed by atoms with E-state index in [0.717, 1.165) is 56.1 Å². The van der Waals surface area contributed by atoms with Gasteiger partial charge in [-0.15, -0.1) is 0 Å². The largest absolute Gasteiger partial charge is 0.478 e. The van der Waals surface area contributed by atoms with Crippen molar-refractivity contribution in [2.75, 3.05) is 31.1 Å². The van der Waals surface area contributed by atoms with Gasteiger partial charge in [0.25, 0.3) is 5.79 Å². The molecule has 2 aromatic heterocycles. The van der Waals surface area contributed by atoms with Crippen molar-refractivity contribution in [1.29, 1.82) is 0 Å². The van der Waals surface area contributed by atoms with Crippen LogP contribution in [0.15, 0.2) is 48.7 Å². The van der Waals surface area contributed by atoms with Crippen LogP contribution < -0.4 is 14.4 Å². The molecule has 0 radical (unpaired) electrons. The number of carbonyl (C=O) groups is 1. The molecule has 7 rings (SSSR count). The number of aromatic nitrogens is 3. The molecule has 5 heterocycles. The summed E-state index contributed by atoms with van der Waals surface area (Å²) in [7, 11) is 0. The van der Waals surface area contributed by atoms with E-state index < -0.39 is 11.8 Å². The van der Waals surface area contributed by atoms with Crippen LogP contribution >= 0.6 is 23.2 Å². The van der Waals surface area contributed by atoms with E-state index in [9.17, 15) is 9.90 Å². The summed E-state index contributed by atoms with van der Waals surface area (Å²) >= 11 is 12.6. The number of piperazine rings is 1. The highest BCUT2D eigenvalue weighted by molar-refractivity contribution is 6.35. The number of halogens is 2. The molecule has 4 aromatic rings. The highest BCUT2D eigenvalue weighted by Gasteiger charge is 2.42. The van der Waals surface area contributed by atoms with Gasteiger partial charge in [-0.2, -0.15) is 0 Å². The molecule has 0 amide bonds. The molecule has 0 bridgehead atoms. The zero-order chi connectivity index (χ0) is 30.6. The topological polar surface area (TPSA) is 102 Å². The van der Waals surface area contributed by atoms with Gasteiger partial charge in [-0.1, -0.05) is 36.2 Å². The van der Waals surface area contributed by atoms with Gasteiger partial charge in [-0.25, -0.2) is 9.78 Å². The van der Waals surface area contributed by atoms with Crippen LogP contribution in [0.1, 0.15) is 48.6 Å². The number of carboxylic acid groups (broad SMARTS) is 1. The summed E-state index contributed by atoms with van der Waals surface area (Å²) in [5.74, 6) is 0.176. The van der Waals surface area contributed by atoms with E-state index in [1.807, 2.05) is 25.1 Å². The van der Waals surface area contributed by atoms with E-state index in [4.69, 9.17) is 42.4 Å². The molecule has 0 saturated carbocycles. The number of fused-ring (bicyclic) bond motifs is 2. The monoisotopic (exact) mass is 637 g/mol. The van der Waals surface area contributed by atoms with Gasteiger partial charge < -0.3 is 28.8 Å². The molecule has 12 heteroatoms. The fraction of sp³-hybridized carbons (Fsp3) is 0.406. The fourth-order valence-corrected chi connectivity index (χ4v) is 6.68. The third-order valence-electron chi connectivity index (χ3n) is 8.83. The molecule has 0 spiro atoms. The Balaban J connectivity index is 1.13. The van der Waals surface area contributed by atoms with Crippen LogP contribution in [0, 0.1) is 0 Å². The number of rotatable bonds is 8. The van der Waals surface area contributed by atoms with Crippen LogP contribution in [0.3, 0.4) is 0 Å². The Bertz CT molecular complexity index is 1730. The van der Waals surface area contributed by atoms with Gasteiger partial charge in [0.15, 0.2) is 11.5 Å². The number of pyridine rings is 1. The minimum Gasteiger partial charge on any atom is -0.478 e. The minimum absolute atomic E-state index is 0.0772. The van der Waals surface area contributed by atoms with Gasteiger partial charge in [0.2, 0.25) is 0 Å². The maximum absolute atomic E-state index is 11.8. The minimum atomic E-state index is -1.06. The summed E-state index contributed by atoms with van der Waals surface area (Å²) in [6.07, 6.45) is 3.57. The van der Waals surface area contributed by atoms with Crippen molar-refractivity contribution >= 4 is 45.9 Å². The number of hydrogen-bond donors (Lipinski definition) is 1. The average molecular weight is 639 g/mol. The number of aromatic carboxylic acids is 1. The lowest BCUT2D eigenvalue weighted by molar-refractivity contribution is -0.0716. The molecule has 3 atom stereocenters. The summed E-state index contributed by atoms with van der Waals surface area (Å²) in [5.41, 5.74) is 3.12. The fourth-order valence-electron chi connectivity index (χ4n) is 6.31. The second kappa shape index (κ2) is 11.4. The summed E-state index contributed by atoms with van der Waals surface area (Å²) in [5, 5.41) is 10.5. The highest BCUT2D eigenvalue weighted by Crippen LogP contribution is 2.49. The van der Waals surface area contributed by atoms with Crippen LogP contribution in [-0.2, 0) is 23.6 Å². The molecule has 2 aromatic carbocycles. The van der Waals surface area contributed by atoms with Crippen molar-refractivity contribution in [3.05, 3.63) is 75.8 Å². The summed E-state index contributed by atoms with van der Waals surface area (Å²) in [6, 6.07) is 13.0. The lowest BCUT2D eigenvalue weighted by atomic mass is 10.1. The first kappa shape index (κ1) is 29.2. The average Bonchev–Trinajstić information content (AvgIpc) is 3.52. The zero-order valence-electron chi connectivity index (χ0n) is 24.5. The molecule has 10 nitrogen and oxygen atoms in total. The van der Waals surface area contributed by atoms with Gasteiger partial charge in [0.05, 0.1) is 46.0 Å². The number of imidazole rings is 1. The molecule has 3 aliphatic heterocycles. The van der Waals surface area contributed by atoms with Crippen molar-refractivity contribution in [2.24, 2.45) is 0 Å². The van der Waals surface area contributed by atoms with Crippen molar-refractivity contribution in [1.82, 2.24) is 19.4 Å². The molecule has 230 valence electrons. The number of ether oxygens (including phenoxy) is 3. The molecule has 2 fully saturated rings.